The van der Waals surface area contributed by atoms with Gasteiger partial charge in [0.1, 0.15) is 5.75 Å². The van der Waals surface area contributed by atoms with Crippen molar-refractivity contribution < 1.29 is 19.4 Å². The van der Waals surface area contributed by atoms with Gasteiger partial charge in [-0.1, -0.05) is 0 Å². The Morgan fingerprint density at radius 1 is 1.41 bits per heavy atom. The molecular formula is C16H22N2O4. The van der Waals surface area contributed by atoms with Crippen molar-refractivity contribution in [3.63, 3.8) is 0 Å². The first kappa shape index (κ1) is 15.1. The third-order valence-electron chi connectivity index (χ3n) is 4.45. The zero-order chi connectivity index (χ0) is 15.5. The van der Waals surface area contributed by atoms with E-state index in [1.54, 1.807) is 7.11 Å². The Kier molecular flexibility index (Phi) is 4.49. The molecule has 0 radical (unpaired) electrons. The first-order chi connectivity index (χ1) is 10.7. The largest absolute Gasteiger partial charge is 0.496 e. The monoisotopic (exact) mass is 306 g/mol. The van der Waals surface area contributed by atoms with Gasteiger partial charge in [-0.3, -0.25) is 4.79 Å². The summed E-state index contributed by atoms with van der Waals surface area (Å²) in [7, 11) is 1.65. The third kappa shape index (κ3) is 3.03. The number of anilines is 1. The van der Waals surface area contributed by atoms with Crippen LogP contribution in [-0.2, 0) is 9.53 Å². The van der Waals surface area contributed by atoms with Crippen LogP contribution in [0, 0.1) is 5.92 Å². The minimum Gasteiger partial charge on any atom is -0.496 e. The number of rotatable bonds is 4. The molecule has 0 bridgehead atoms. The molecule has 2 heterocycles. The number of methoxy groups -OCH3 is 1. The molecule has 0 aliphatic carbocycles. The summed E-state index contributed by atoms with van der Waals surface area (Å²) in [5, 5.41) is 12.5. The lowest BCUT2D eigenvalue weighted by molar-refractivity contribution is -0.141. The molecule has 22 heavy (non-hydrogen) atoms. The van der Waals surface area contributed by atoms with Gasteiger partial charge in [-0.15, -0.1) is 0 Å². The highest BCUT2D eigenvalue weighted by molar-refractivity contribution is 5.71. The van der Waals surface area contributed by atoms with Crippen molar-refractivity contribution in [1.82, 2.24) is 5.32 Å². The Labute approximate surface area is 130 Å². The van der Waals surface area contributed by atoms with Gasteiger partial charge in [0.25, 0.3) is 0 Å². The molecule has 2 atom stereocenters. The predicted octanol–water partition coefficient (Wildman–Crippen LogP) is 1.27. The van der Waals surface area contributed by atoms with Crippen molar-refractivity contribution >= 4 is 11.7 Å². The standard InChI is InChI=1S/C16H22N2O4/c1-21-15-3-2-12(18-4-6-22-7-5-18)9-13(15)14-8-11(10-17-14)16(19)20/h2-3,9,11,14,17H,4-8,10H2,1H3,(H,19,20). The zero-order valence-corrected chi connectivity index (χ0v) is 12.7. The van der Waals surface area contributed by atoms with Crippen LogP contribution in [-0.4, -0.2) is 51.0 Å². The number of carboxylic acid groups (broad SMARTS) is 1. The normalized spacial score (nSPS) is 25.2. The van der Waals surface area contributed by atoms with Gasteiger partial charge >= 0.3 is 5.97 Å². The third-order valence-corrected chi connectivity index (χ3v) is 4.45. The predicted molar refractivity (Wildman–Crippen MR) is 82.5 cm³/mol. The number of nitrogens with one attached hydrogen (secondary N) is 1. The minimum absolute atomic E-state index is 0.0250. The molecule has 0 amide bonds. The average molecular weight is 306 g/mol. The Morgan fingerprint density at radius 2 is 2.18 bits per heavy atom. The van der Waals surface area contributed by atoms with Gasteiger partial charge in [0, 0.05) is 36.9 Å². The number of nitrogens with zero attached hydrogens (tertiary/aromatic N) is 1. The van der Waals surface area contributed by atoms with Crippen LogP contribution in [0.2, 0.25) is 0 Å². The molecule has 2 saturated heterocycles. The quantitative estimate of drug-likeness (QED) is 0.873. The van der Waals surface area contributed by atoms with Gasteiger partial charge in [-0.2, -0.15) is 0 Å². The SMILES string of the molecule is COc1ccc(N2CCOCC2)cc1C1CC(C(=O)O)CN1. The lowest BCUT2D eigenvalue weighted by Gasteiger charge is -2.30. The van der Waals surface area contributed by atoms with Crippen LogP contribution in [0.25, 0.3) is 0 Å². The lowest BCUT2D eigenvalue weighted by atomic mass is 9.98. The van der Waals surface area contributed by atoms with E-state index in [4.69, 9.17) is 14.6 Å². The van der Waals surface area contributed by atoms with E-state index in [2.05, 4.69) is 22.3 Å². The molecule has 2 fully saturated rings. The second-order valence-electron chi connectivity index (χ2n) is 5.76. The Bertz CT molecular complexity index is 543. The highest BCUT2D eigenvalue weighted by Crippen LogP contribution is 2.36. The molecule has 0 aromatic heterocycles. The van der Waals surface area contributed by atoms with Crippen molar-refractivity contribution in [3.05, 3.63) is 23.8 Å². The van der Waals surface area contributed by atoms with E-state index in [9.17, 15) is 4.79 Å². The number of ether oxygens (including phenoxy) is 2. The number of benzene rings is 1. The summed E-state index contributed by atoms with van der Waals surface area (Å²) in [5.41, 5.74) is 2.18. The highest BCUT2D eigenvalue weighted by Gasteiger charge is 2.32. The van der Waals surface area contributed by atoms with E-state index in [0.29, 0.717) is 13.0 Å². The zero-order valence-electron chi connectivity index (χ0n) is 12.7. The van der Waals surface area contributed by atoms with Gasteiger partial charge in [0.15, 0.2) is 0 Å². The molecule has 0 spiro atoms. The molecule has 2 aliphatic rings. The molecule has 1 aromatic carbocycles. The summed E-state index contributed by atoms with van der Waals surface area (Å²) in [6.45, 7) is 3.74. The number of hydrogen-bond acceptors (Lipinski definition) is 5. The first-order valence-electron chi connectivity index (χ1n) is 7.66. The summed E-state index contributed by atoms with van der Waals surface area (Å²) < 4.78 is 10.9. The molecule has 6 heteroatoms. The maximum Gasteiger partial charge on any atom is 0.307 e. The van der Waals surface area contributed by atoms with Crippen molar-refractivity contribution in [2.45, 2.75) is 12.5 Å². The molecule has 0 saturated carbocycles. The van der Waals surface area contributed by atoms with E-state index in [0.717, 1.165) is 43.3 Å². The van der Waals surface area contributed by atoms with Crippen molar-refractivity contribution in [1.29, 1.82) is 0 Å². The highest BCUT2D eigenvalue weighted by atomic mass is 16.5. The molecule has 3 rings (SSSR count). The Hall–Kier alpha value is -1.79. The topological polar surface area (TPSA) is 71.0 Å². The molecular weight excluding hydrogens is 284 g/mol. The summed E-state index contributed by atoms with van der Waals surface area (Å²) in [6.07, 6.45) is 0.595. The van der Waals surface area contributed by atoms with Gasteiger partial charge in [0.05, 0.1) is 26.2 Å². The first-order valence-corrected chi connectivity index (χ1v) is 7.66. The fourth-order valence-corrected chi connectivity index (χ4v) is 3.17. The smallest absolute Gasteiger partial charge is 0.307 e. The molecule has 1 aromatic rings. The number of carbonyl (C=O) groups is 1. The van der Waals surface area contributed by atoms with E-state index >= 15 is 0 Å². The number of hydrogen-bond donors (Lipinski definition) is 2. The molecule has 2 N–H and O–H groups in total. The van der Waals surface area contributed by atoms with E-state index in [1.165, 1.54) is 0 Å². The van der Waals surface area contributed by atoms with Crippen LogP contribution in [0.5, 0.6) is 5.75 Å². The number of aliphatic carboxylic acids is 1. The Morgan fingerprint density at radius 3 is 2.82 bits per heavy atom. The second kappa shape index (κ2) is 6.54. The summed E-state index contributed by atoms with van der Waals surface area (Å²) in [4.78, 5) is 13.4. The minimum atomic E-state index is -0.738. The van der Waals surface area contributed by atoms with E-state index in [1.807, 2.05) is 6.07 Å². The van der Waals surface area contributed by atoms with Crippen molar-refractivity contribution in [2.75, 3.05) is 44.9 Å². The van der Waals surface area contributed by atoms with E-state index in [-0.39, 0.29) is 12.0 Å². The van der Waals surface area contributed by atoms with Crippen LogP contribution in [0.1, 0.15) is 18.0 Å². The van der Waals surface area contributed by atoms with Crippen LogP contribution in [0.3, 0.4) is 0 Å². The van der Waals surface area contributed by atoms with Gasteiger partial charge in [0.2, 0.25) is 0 Å². The molecule has 2 unspecified atom stereocenters. The van der Waals surface area contributed by atoms with Crippen molar-refractivity contribution in [2.24, 2.45) is 5.92 Å². The fourth-order valence-electron chi connectivity index (χ4n) is 3.17. The van der Waals surface area contributed by atoms with Crippen molar-refractivity contribution in [3.8, 4) is 5.75 Å². The maximum absolute atomic E-state index is 11.2. The van der Waals surface area contributed by atoms with Crippen LogP contribution >= 0.6 is 0 Å². The van der Waals surface area contributed by atoms with Gasteiger partial charge < -0.3 is 24.8 Å². The Balaban J connectivity index is 1.83. The molecule has 120 valence electrons. The second-order valence-corrected chi connectivity index (χ2v) is 5.76. The molecule has 6 nitrogen and oxygen atoms in total. The van der Waals surface area contributed by atoms with Gasteiger partial charge in [-0.05, 0) is 24.6 Å². The van der Waals surface area contributed by atoms with E-state index < -0.39 is 5.97 Å². The summed E-state index contributed by atoms with van der Waals surface area (Å²) >= 11 is 0. The number of carboxylic acids is 1. The van der Waals surface area contributed by atoms with Crippen LogP contribution in [0.15, 0.2) is 18.2 Å². The fraction of sp³-hybridized carbons (Fsp3) is 0.562. The number of morpholine rings is 1. The summed E-state index contributed by atoms with van der Waals surface area (Å²) in [5.74, 6) is -0.263. The molecule has 2 aliphatic heterocycles. The maximum atomic E-state index is 11.2. The average Bonchev–Trinajstić information content (AvgIpc) is 3.05. The van der Waals surface area contributed by atoms with Crippen LogP contribution < -0.4 is 15.0 Å². The summed E-state index contributed by atoms with van der Waals surface area (Å²) in [6, 6.07) is 6.16. The van der Waals surface area contributed by atoms with Crippen LogP contribution in [0.4, 0.5) is 5.69 Å². The van der Waals surface area contributed by atoms with Gasteiger partial charge in [-0.25, -0.2) is 0 Å². The lowest BCUT2D eigenvalue weighted by Crippen LogP contribution is -2.36.